The van der Waals surface area contributed by atoms with Crippen molar-refractivity contribution in [3.8, 4) is 44.5 Å². The average molecular weight is 1120 g/mol. The maximum atomic E-state index is 2.47. The van der Waals surface area contributed by atoms with Crippen LogP contribution >= 0.6 is 0 Å². The van der Waals surface area contributed by atoms with E-state index in [1.54, 1.807) is 0 Å². The Kier molecular flexibility index (Phi) is 14.5. The lowest BCUT2D eigenvalue weighted by Gasteiger charge is -2.28. The maximum absolute atomic E-state index is 2.47. The van der Waals surface area contributed by atoms with Crippen molar-refractivity contribution < 1.29 is 0 Å². The lowest BCUT2D eigenvalue weighted by atomic mass is 9.81. The molecule has 0 N–H and O–H groups in total. The van der Waals surface area contributed by atoms with Gasteiger partial charge in [0.05, 0.1) is 0 Å². The molecular formula is C84H84N2. The predicted molar refractivity (Wildman–Crippen MR) is 375 cm³/mol. The van der Waals surface area contributed by atoms with Gasteiger partial charge in [-0.1, -0.05) is 239 Å². The van der Waals surface area contributed by atoms with E-state index in [0.29, 0.717) is 0 Å². The number of rotatable bonds is 10. The fraction of sp³-hybridized carbons (Fsp3) is 0.238. The van der Waals surface area contributed by atoms with Gasteiger partial charge in [-0.2, -0.15) is 0 Å². The molecule has 0 saturated carbocycles. The van der Waals surface area contributed by atoms with Crippen molar-refractivity contribution in [2.45, 2.75) is 132 Å². The minimum atomic E-state index is 0.0488. The molecule has 2 heteroatoms. The third-order valence-electron chi connectivity index (χ3n) is 17.8. The highest BCUT2D eigenvalue weighted by Gasteiger charge is 2.25. The van der Waals surface area contributed by atoms with Crippen LogP contribution in [-0.4, -0.2) is 0 Å². The molecule has 12 rings (SSSR count). The SMILES string of the molecule is Cc1cc(C)cc(-c2cc(-c3ccc(N(c4ccc(C(C)(C)C)cc4)c4ccc(C(C)(C)C)cc4)cc3)c3ccc4c(-c5cc(C)cc(C)c5)cc(-c5ccc(N(c6ccc(C(C)(C)C)cc6)c6ccc(C(C)(C)C)cc6)cc5)c5ccc2c3c54)c1. The molecule has 0 aliphatic heterocycles. The van der Waals surface area contributed by atoms with E-state index >= 15 is 0 Å². The summed E-state index contributed by atoms with van der Waals surface area (Å²) in [6.07, 6.45) is 0. The van der Waals surface area contributed by atoms with E-state index in [0.717, 1.165) is 34.1 Å². The molecule has 12 aromatic rings. The van der Waals surface area contributed by atoms with E-state index in [1.807, 2.05) is 0 Å². The summed E-state index contributed by atoms with van der Waals surface area (Å²) >= 11 is 0. The molecule has 0 radical (unpaired) electrons. The predicted octanol–water partition coefficient (Wildman–Crippen LogP) is 24.6. The van der Waals surface area contributed by atoms with Crippen LogP contribution in [0.25, 0.3) is 76.8 Å². The first-order valence-corrected chi connectivity index (χ1v) is 31.0. The van der Waals surface area contributed by atoms with E-state index in [2.05, 4.69) is 339 Å². The Morgan fingerprint density at radius 3 is 0.616 bits per heavy atom. The van der Waals surface area contributed by atoms with Gasteiger partial charge in [-0.3, -0.25) is 0 Å². The molecule has 0 bridgehead atoms. The molecule has 0 aliphatic rings. The largest absolute Gasteiger partial charge is 0.311 e. The summed E-state index contributed by atoms with van der Waals surface area (Å²) in [4.78, 5) is 4.81. The van der Waals surface area contributed by atoms with Gasteiger partial charge in [-0.15, -0.1) is 0 Å². The quantitative estimate of drug-likeness (QED) is 0.126. The normalized spacial score (nSPS) is 12.4. The Bertz CT molecular complexity index is 4010. The van der Waals surface area contributed by atoms with Crippen LogP contribution in [0.3, 0.4) is 0 Å². The molecule has 86 heavy (non-hydrogen) atoms. The Morgan fingerprint density at radius 2 is 0.407 bits per heavy atom. The number of aryl methyl sites for hydroxylation is 4. The van der Waals surface area contributed by atoms with E-state index < -0.39 is 0 Å². The third-order valence-corrected chi connectivity index (χ3v) is 17.8. The molecule has 0 atom stereocenters. The second kappa shape index (κ2) is 21.7. The zero-order valence-corrected chi connectivity index (χ0v) is 53.7. The zero-order valence-electron chi connectivity index (χ0n) is 53.7. The summed E-state index contributed by atoms with van der Waals surface area (Å²) in [6, 6.07) is 84.0. The van der Waals surface area contributed by atoms with E-state index in [9.17, 15) is 0 Å². The summed E-state index contributed by atoms with van der Waals surface area (Å²) < 4.78 is 0. The molecule has 0 heterocycles. The summed E-state index contributed by atoms with van der Waals surface area (Å²) in [6.45, 7) is 36.3. The number of anilines is 6. The number of benzene rings is 12. The van der Waals surface area contributed by atoms with Gasteiger partial charge in [0.1, 0.15) is 0 Å². The van der Waals surface area contributed by atoms with Crippen molar-refractivity contribution in [2.75, 3.05) is 9.80 Å². The van der Waals surface area contributed by atoms with Crippen molar-refractivity contribution in [3.05, 3.63) is 263 Å². The van der Waals surface area contributed by atoms with E-state index in [1.165, 1.54) is 121 Å². The molecule has 0 aromatic heterocycles. The average Bonchev–Trinajstić information content (AvgIpc) is 0.723. The first kappa shape index (κ1) is 57.7. The number of hydrogen-bond donors (Lipinski definition) is 0. The number of hydrogen-bond acceptors (Lipinski definition) is 2. The summed E-state index contributed by atoms with van der Waals surface area (Å²) in [5, 5.41) is 7.60. The first-order valence-electron chi connectivity index (χ1n) is 31.0. The fourth-order valence-electron chi connectivity index (χ4n) is 13.1. The molecule has 0 aliphatic carbocycles. The van der Waals surface area contributed by atoms with Crippen LogP contribution in [0.2, 0.25) is 0 Å². The Labute approximate surface area is 513 Å². The highest BCUT2D eigenvalue weighted by atomic mass is 15.1. The molecule has 430 valence electrons. The van der Waals surface area contributed by atoms with Gasteiger partial charge in [0, 0.05) is 34.1 Å². The Morgan fingerprint density at radius 1 is 0.209 bits per heavy atom. The highest BCUT2D eigenvalue weighted by molar-refractivity contribution is 6.32. The smallest absolute Gasteiger partial charge is 0.0462 e. The summed E-state index contributed by atoms with van der Waals surface area (Å²) in [7, 11) is 0. The van der Waals surface area contributed by atoms with Crippen LogP contribution in [0, 0.1) is 27.7 Å². The van der Waals surface area contributed by atoms with Gasteiger partial charge < -0.3 is 9.80 Å². The standard InChI is InChI=1S/C84H84N2/c1-53-45-54(2)48-59(47-53)77-51-75(57-17-29-65(30-18-57)85(67-33-21-61(22-34-67)81(5,6)7)68-35-23-62(24-36-68)82(8,9)10)71-42-44-74-78(60-49-55(3)46-56(4)50-60)52-76(72-41-43-73(77)79(71)80(72)74)58-19-31-66(32-20-58)86(69-37-25-63(26-38-69)83(11,12)13)70-39-27-64(28-40-70)84(14,15)16/h17-52H,1-16H3. The summed E-state index contributed by atoms with van der Waals surface area (Å²) in [5.41, 5.74) is 27.0. The van der Waals surface area contributed by atoms with Crippen molar-refractivity contribution in [1.29, 1.82) is 0 Å². The van der Waals surface area contributed by atoms with E-state index in [-0.39, 0.29) is 21.7 Å². The monoisotopic (exact) mass is 1120 g/mol. The van der Waals surface area contributed by atoms with Gasteiger partial charge >= 0.3 is 0 Å². The minimum absolute atomic E-state index is 0.0488. The second-order valence-corrected chi connectivity index (χ2v) is 28.7. The van der Waals surface area contributed by atoms with Crippen LogP contribution in [0.4, 0.5) is 34.1 Å². The molecular weight excluding hydrogens is 1040 g/mol. The molecule has 0 fully saturated rings. The molecule has 2 nitrogen and oxygen atoms in total. The van der Waals surface area contributed by atoms with Crippen LogP contribution in [-0.2, 0) is 21.7 Å². The van der Waals surface area contributed by atoms with Crippen molar-refractivity contribution in [2.24, 2.45) is 0 Å². The lowest BCUT2D eigenvalue weighted by molar-refractivity contribution is 0.590. The zero-order chi connectivity index (χ0) is 60.8. The van der Waals surface area contributed by atoms with Crippen LogP contribution in [0.1, 0.15) is 128 Å². The maximum Gasteiger partial charge on any atom is 0.0462 e. The molecule has 12 aromatic carbocycles. The summed E-state index contributed by atoms with van der Waals surface area (Å²) in [5.74, 6) is 0. The van der Waals surface area contributed by atoms with E-state index in [4.69, 9.17) is 0 Å². The van der Waals surface area contributed by atoms with Crippen molar-refractivity contribution in [1.82, 2.24) is 0 Å². The molecule has 0 spiro atoms. The van der Waals surface area contributed by atoms with Gasteiger partial charge in [0.15, 0.2) is 0 Å². The molecule has 0 unspecified atom stereocenters. The molecule has 0 amide bonds. The first-order chi connectivity index (χ1) is 40.8. The van der Waals surface area contributed by atoms with Crippen LogP contribution in [0.5, 0.6) is 0 Å². The van der Waals surface area contributed by atoms with Crippen molar-refractivity contribution in [3.63, 3.8) is 0 Å². The lowest BCUT2D eigenvalue weighted by Crippen LogP contribution is -2.14. The van der Waals surface area contributed by atoms with Gasteiger partial charge in [0.2, 0.25) is 0 Å². The fourth-order valence-corrected chi connectivity index (χ4v) is 13.1. The van der Waals surface area contributed by atoms with Gasteiger partial charge in [0.25, 0.3) is 0 Å². The Hall–Kier alpha value is -8.72. The van der Waals surface area contributed by atoms with Crippen molar-refractivity contribution >= 4 is 66.4 Å². The van der Waals surface area contributed by atoms with Gasteiger partial charge in [-0.25, -0.2) is 0 Å². The second-order valence-electron chi connectivity index (χ2n) is 28.7. The van der Waals surface area contributed by atoms with Crippen LogP contribution in [0.15, 0.2) is 218 Å². The number of nitrogens with zero attached hydrogens (tertiary/aromatic N) is 2. The topological polar surface area (TPSA) is 6.48 Å². The minimum Gasteiger partial charge on any atom is -0.311 e. The van der Waals surface area contributed by atoms with Crippen LogP contribution < -0.4 is 9.80 Å². The highest BCUT2D eigenvalue weighted by Crippen LogP contribution is 2.50. The Balaban J connectivity index is 1.06. The van der Waals surface area contributed by atoms with Gasteiger partial charge in [-0.05, 0) is 233 Å². The molecule has 0 saturated heterocycles. The third kappa shape index (κ3) is 11.1.